The van der Waals surface area contributed by atoms with E-state index in [-0.39, 0.29) is 4.83 Å². The molecule has 0 aliphatic heterocycles. The van der Waals surface area contributed by atoms with Crippen LogP contribution in [0.2, 0.25) is 0 Å². The van der Waals surface area contributed by atoms with Crippen LogP contribution in [0.4, 0.5) is 0 Å². The lowest BCUT2D eigenvalue weighted by Gasteiger charge is -1.86. The predicted octanol–water partition coefficient (Wildman–Crippen LogP) is 2.74. The third-order valence-corrected chi connectivity index (χ3v) is 1.42. The summed E-state index contributed by atoms with van der Waals surface area (Å²) in [6.07, 6.45) is 3.89. The molecule has 1 heteroatoms. The van der Waals surface area contributed by atoms with E-state index in [4.69, 9.17) is 0 Å². The molecule has 0 aromatic heterocycles. The van der Waals surface area contributed by atoms with Gasteiger partial charge in [-0.25, -0.2) is 0 Å². The maximum absolute atomic E-state index is 3.59. The van der Waals surface area contributed by atoms with Crippen LogP contribution in [0.1, 0.15) is 19.8 Å². The fourth-order valence-corrected chi connectivity index (χ4v) is 0.515. The third-order valence-electron chi connectivity index (χ3n) is 0.822. The molecule has 0 rings (SSSR count). The molecule has 50 valence electrons. The van der Waals surface area contributed by atoms with Crippen molar-refractivity contribution >= 4 is 15.9 Å². The second-order valence-electron chi connectivity index (χ2n) is 1.71. The average molecular weight is 187 g/mol. The van der Waals surface area contributed by atoms with Crippen LogP contribution in [-0.4, -0.2) is 4.83 Å². The van der Waals surface area contributed by atoms with Crippen LogP contribution in [0, 0.1) is 11.8 Å². The number of hydrogen-bond donors (Lipinski definition) is 0. The second-order valence-corrected chi connectivity index (χ2v) is 2.70. The van der Waals surface area contributed by atoms with Crippen LogP contribution in [0.3, 0.4) is 0 Å². The molecule has 0 saturated carbocycles. The topological polar surface area (TPSA) is 0 Å². The van der Waals surface area contributed by atoms with Crippen LogP contribution >= 0.6 is 15.9 Å². The lowest BCUT2D eigenvalue weighted by molar-refractivity contribution is 0.982. The van der Waals surface area contributed by atoms with E-state index in [2.05, 4.69) is 41.3 Å². The van der Waals surface area contributed by atoms with Crippen molar-refractivity contribution in [2.75, 3.05) is 0 Å². The standard InChI is InChI=1S/C8H11Br/c1-3-5-6-7-8(9)4-2/h4,8H,2-3,5H2,1H3. The lowest BCUT2D eigenvalue weighted by atomic mass is 10.3. The Labute approximate surface area is 65.5 Å². The minimum Gasteiger partial charge on any atom is -0.102 e. The normalized spacial score (nSPS) is 11.3. The summed E-state index contributed by atoms with van der Waals surface area (Å²) >= 11 is 3.32. The van der Waals surface area contributed by atoms with Crippen molar-refractivity contribution in [2.45, 2.75) is 24.6 Å². The van der Waals surface area contributed by atoms with Crippen LogP contribution in [-0.2, 0) is 0 Å². The molecule has 9 heavy (non-hydrogen) atoms. The van der Waals surface area contributed by atoms with Crippen molar-refractivity contribution in [3.63, 3.8) is 0 Å². The van der Waals surface area contributed by atoms with Gasteiger partial charge in [0.25, 0.3) is 0 Å². The van der Waals surface area contributed by atoms with Gasteiger partial charge in [0.2, 0.25) is 0 Å². The number of alkyl halides is 1. The molecule has 0 N–H and O–H groups in total. The van der Waals surface area contributed by atoms with Gasteiger partial charge in [-0.1, -0.05) is 34.9 Å². The lowest BCUT2D eigenvalue weighted by Crippen LogP contribution is -1.82. The van der Waals surface area contributed by atoms with Crippen LogP contribution in [0.15, 0.2) is 12.7 Å². The van der Waals surface area contributed by atoms with Gasteiger partial charge in [-0.3, -0.25) is 0 Å². The maximum Gasteiger partial charge on any atom is 0.0931 e. The quantitative estimate of drug-likeness (QED) is 0.354. The van der Waals surface area contributed by atoms with Gasteiger partial charge in [-0.15, -0.1) is 12.5 Å². The molecule has 0 nitrogen and oxygen atoms in total. The minimum atomic E-state index is 0.170. The summed E-state index contributed by atoms with van der Waals surface area (Å²) < 4.78 is 0. The van der Waals surface area contributed by atoms with Gasteiger partial charge in [0, 0.05) is 6.42 Å². The summed E-state index contributed by atoms with van der Waals surface area (Å²) in [6, 6.07) is 0. The Kier molecular flexibility index (Phi) is 5.76. The molecule has 0 amide bonds. The molecule has 0 saturated heterocycles. The Balaban J connectivity index is 3.45. The first-order valence-corrected chi connectivity index (χ1v) is 3.97. The fraction of sp³-hybridized carbons (Fsp3) is 0.500. The highest BCUT2D eigenvalue weighted by Crippen LogP contribution is 1.97. The monoisotopic (exact) mass is 186 g/mol. The van der Waals surface area contributed by atoms with E-state index in [1.807, 2.05) is 0 Å². The first-order chi connectivity index (χ1) is 4.31. The van der Waals surface area contributed by atoms with Crippen molar-refractivity contribution in [2.24, 2.45) is 0 Å². The maximum atomic E-state index is 3.59. The molecule has 0 aliphatic rings. The van der Waals surface area contributed by atoms with Gasteiger partial charge in [-0.05, 0) is 6.42 Å². The SMILES string of the molecule is C=CC(Br)C#CCCC. The Morgan fingerprint density at radius 2 is 2.44 bits per heavy atom. The summed E-state index contributed by atoms with van der Waals surface area (Å²) in [6.45, 7) is 5.71. The molecular formula is C8H11Br. The highest BCUT2D eigenvalue weighted by molar-refractivity contribution is 9.09. The van der Waals surface area contributed by atoms with Crippen LogP contribution in [0.25, 0.3) is 0 Å². The van der Waals surface area contributed by atoms with Crippen molar-refractivity contribution in [3.8, 4) is 11.8 Å². The zero-order valence-electron chi connectivity index (χ0n) is 5.65. The van der Waals surface area contributed by atoms with E-state index in [1.165, 1.54) is 0 Å². The molecule has 0 aromatic carbocycles. The summed E-state index contributed by atoms with van der Waals surface area (Å²) in [7, 11) is 0. The van der Waals surface area contributed by atoms with Gasteiger partial charge < -0.3 is 0 Å². The van der Waals surface area contributed by atoms with Gasteiger partial charge in [0.05, 0.1) is 4.83 Å². The van der Waals surface area contributed by atoms with Crippen molar-refractivity contribution in [3.05, 3.63) is 12.7 Å². The van der Waals surface area contributed by atoms with Gasteiger partial charge in [-0.2, -0.15) is 0 Å². The second kappa shape index (κ2) is 5.91. The first kappa shape index (κ1) is 8.78. The Bertz CT molecular complexity index is 127. The van der Waals surface area contributed by atoms with Gasteiger partial charge in [0.1, 0.15) is 0 Å². The zero-order valence-corrected chi connectivity index (χ0v) is 7.24. The van der Waals surface area contributed by atoms with E-state index in [1.54, 1.807) is 6.08 Å². The fourth-order valence-electron chi connectivity index (χ4n) is 0.354. The predicted molar refractivity (Wildman–Crippen MR) is 45.6 cm³/mol. The summed E-state index contributed by atoms with van der Waals surface area (Å²) in [5, 5.41) is 0. The van der Waals surface area contributed by atoms with Crippen LogP contribution < -0.4 is 0 Å². The van der Waals surface area contributed by atoms with Gasteiger partial charge in [0.15, 0.2) is 0 Å². The smallest absolute Gasteiger partial charge is 0.0931 e. The van der Waals surface area contributed by atoms with Crippen molar-refractivity contribution in [1.29, 1.82) is 0 Å². The van der Waals surface area contributed by atoms with E-state index in [9.17, 15) is 0 Å². The van der Waals surface area contributed by atoms with Crippen LogP contribution in [0.5, 0.6) is 0 Å². The van der Waals surface area contributed by atoms with E-state index >= 15 is 0 Å². The molecule has 0 fully saturated rings. The Morgan fingerprint density at radius 3 is 2.89 bits per heavy atom. The third kappa shape index (κ3) is 5.65. The van der Waals surface area contributed by atoms with Gasteiger partial charge >= 0.3 is 0 Å². The number of allylic oxidation sites excluding steroid dienone is 1. The molecule has 0 bridgehead atoms. The number of halogens is 1. The molecule has 0 heterocycles. The molecule has 1 unspecified atom stereocenters. The van der Waals surface area contributed by atoms with E-state index < -0.39 is 0 Å². The molecule has 1 atom stereocenters. The van der Waals surface area contributed by atoms with Crippen molar-refractivity contribution in [1.82, 2.24) is 0 Å². The largest absolute Gasteiger partial charge is 0.102 e. The Morgan fingerprint density at radius 1 is 1.78 bits per heavy atom. The molecule has 0 spiro atoms. The summed E-state index contributed by atoms with van der Waals surface area (Å²) in [4.78, 5) is 0.170. The highest BCUT2D eigenvalue weighted by Gasteiger charge is 1.85. The molecule has 0 aliphatic carbocycles. The average Bonchev–Trinajstić information content (AvgIpc) is 1.89. The molecule has 0 radical (unpaired) electrons. The number of hydrogen-bond acceptors (Lipinski definition) is 0. The Hall–Kier alpha value is -0.220. The first-order valence-electron chi connectivity index (χ1n) is 3.06. The molecular weight excluding hydrogens is 176 g/mol. The highest BCUT2D eigenvalue weighted by atomic mass is 79.9. The van der Waals surface area contributed by atoms with Crippen molar-refractivity contribution < 1.29 is 0 Å². The number of unbranched alkanes of at least 4 members (excludes halogenated alkanes) is 1. The van der Waals surface area contributed by atoms with E-state index in [0.717, 1.165) is 12.8 Å². The zero-order chi connectivity index (χ0) is 7.11. The minimum absolute atomic E-state index is 0.170. The summed E-state index contributed by atoms with van der Waals surface area (Å²) in [5.41, 5.74) is 0. The number of rotatable bonds is 2. The van der Waals surface area contributed by atoms with E-state index in [0.29, 0.717) is 0 Å². The molecule has 0 aromatic rings. The summed E-state index contributed by atoms with van der Waals surface area (Å²) in [5.74, 6) is 6.00.